The van der Waals surface area contributed by atoms with E-state index in [2.05, 4.69) is 20.8 Å². The normalized spacial score (nSPS) is 13.4. The number of fused-ring (bicyclic) bond motifs is 1. The molecule has 0 spiro atoms. The number of nitrogens with zero attached hydrogens (tertiary/aromatic N) is 4. The summed E-state index contributed by atoms with van der Waals surface area (Å²) in [4.78, 5) is 12.5. The highest BCUT2D eigenvalue weighted by molar-refractivity contribution is 8.00. The number of carbonyl (C=O) groups is 1. The Hall–Kier alpha value is -3.07. The first-order chi connectivity index (χ1) is 13.2. The molecule has 0 aliphatic carbocycles. The largest absolute Gasteiger partial charge is 0.454 e. The van der Waals surface area contributed by atoms with Crippen LogP contribution in [0.5, 0.6) is 11.5 Å². The number of thioether (sulfide) groups is 1. The van der Waals surface area contributed by atoms with E-state index in [-0.39, 0.29) is 18.0 Å². The van der Waals surface area contributed by atoms with Crippen molar-refractivity contribution in [2.24, 2.45) is 0 Å². The summed E-state index contributed by atoms with van der Waals surface area (Å²) in [7, 11) is 0. The van der Waals surface area contributed by atoms with Crippen LogP contribution in [-0.4, -0.2) is 38.2 Å². The molecule has 138 valence electrons. The van der Waals surface area contributed by atoms with E-state index < -0.39 is 0 Å². The molecule has 2 heterocycles. The van der Waals surface area contributed by atoms with Gasteiger partial charge in [0.2, 0.25) is 17.9 Å². The zero-order valence-electron chi connectivity index (χ0n) is 14.5. The molecule has 0 radical (unpaired) electrons. The van der Waals surface area contributed by atoms with E-state index in [1.807, 2.05) is 55.5 Å². The average Bonchev–Trinajstić information content (AvgIpc) is 3.35. The van der Waals surface area contributed by atoms with Gasteiger partial charge in [-0.15, -0.1) is 5.10 Å². The van der Waals surface area contributed by atoms with Gasteiger partial charge in [0.25, 0.3) is 0 Å². The maximum Gasteiger partial charge on any atom is 0.233 e. The number of hydrogen-bond acceptors (Lipinski definition) is 7. The Bertz CT molecular complexity index is 947. The summed E-state index contributed by atoms with van der Waals surface area (Å²) in [5.41, 5.74) is 1.79. The van der Waals surface area contributed by atoms with Crippen LogP contribution >= 0.6 is 11.8 Å². The fraction of sp³-hybridized carbons (Fsp3) is 0.222. The minimum atomic E-state index is -0.354. The first-order valence-electron chi connectivity index (χ1n) is 8.37. The van der Waals surface area contributed by atoms with Gasteiger partial charge < -0.3 is 14.8 Å². The smallest absolute Gasteiger partial charge is 0.233 e. The molecule has 0 fully saturated rings. The predicted molar refractivity (Wildman–Crippen MR) is 98.9 cm³/mol. The number of benzene rings is 2. The molecule has 1 aliphatic heterocycles. The Labute approximate surface area is 159 Å². The molecule has 3 aromatic rings. The van der Waals surface area contributed by atoms with Gasteiger partial charge in [0.1, 0.15) is 0 Å². The lowest BCUT2D eigenvalue weighted by atomic mass is 10.2. The lowest BCUT2D eigenvalue weighted by Gasteiger charge is -2.12. The SMILES string of the molecule is C[C@H](Sc1nnnn1-c1ccccc1)C(=O)NCc1ccc2c(c1)OCO2. The molecule has 2 aromatic carbocycles. The third kappa shape index (κ3) is 3.87. The molecule has 1 aromatic heterocycles. The number of ether oxygens (including phenoxy) is 2. The van der Waals surface area contributed by atoms with E-state index in [4.69, 9.17) is 9.47 Å². The molecular weight excluding hydrogens is 366 g/mol. The predicted octanol–water partition coefficient (Wildman–Crippen LogP) is 2.19. The number of nitrogens with one attached hydrogen (secondary N) is 1. The van der Waals surface area contributed by atoms with Crippen molar-refractivity contribution in [3.8, 4) is 17.2 Å². The van der Waals surface area contributed by atoms with Crippen LogP contribution in [0, 0.1) is 0 Å². The standard InChI is InChI=1S/C18H17N5O3S/c1-12(27-18-20-21-22-23(18)14-5-3-2-4-6-14)17(24)19-10-13-7-8-15-16(9-13)26-11-25-15/h2-9,12H,10-11H2,1H3,(H,19,24)/t12-/m0/s1. The first kappa shape index (κ1) is 17.3. The van der Waals surface area contributed by atoms with Gasteiger partial charge in [-0.1, -0.05) is 36.0 Å². The Kier molecular flexibility index (Phi) is 4.93. The summed E-state index contributed by atoms with van der Waals surface area (Å²) in [6.07, 6.45) is 0. The molecular formula is C18H17N5O3S. The minimum Gasteiger partial charge on any atom is -0.454 e. The van der Waals surface area contributed by atoms with Gasteiger partial charge in [-0.25, -0.2) is 0 Å². The zero-order valence-corrected chi connectivity index (χ0v) is 15.3. The average molecular weight is 383 g/mol. The molecule has 9 heteroatoms. The molecule has 0 saturated heterocycles. The summed E-state index contributed by atoms with van der Waals surface area (Å²) in [5.74, 6) is 1.33. The maximum atomic E-state index is 12.5. The number of amides is 1. The molecule has 1 N–H and O–H groups in total. The van der Waals surface area contributed by atoms with Crippen molar-refractivity contribution in [3.63, 3.8) is 0 Å². The maximum absolute atomic E-state index is 12.5. The molecule has 0 unspecified atom stereocenters. The van der Waals surface area contributed by atoms with E-state index in [1.165, 1.54) is 11.8 Å². The van der Waals surface area contributed by atoms with Gasteiger partial charge in [0.15, 0.2) is 11.5 Å². The van der Waals surface area contributed by atoms with Crippen molar-refractivity contribution in [2.75, 3.05) is 6.79 Å². The Morgan fingerprint density at radius 2 is 2.04 bits per heavy atom. The zero-order chi connectivity index (χ0) is 18.6. The number of rotatable bonds is 6. The first-order valence-corrected chi connectivity index (χ1v) is 9.25. The monoisotopic (exact) mass is 383 g/mol. The molecule has 1 atom stereocenters. The third-order valence-corrected chi connectivity index (χ3v) is 5.03. The fourth-order valence-electron chi connectivity index (χ4n) is 2.58. The van der Waals surface area contributed by atoms with Gasteiger partial charge in [0.05, 0.1) is 10.9 Å². The van der Waals surface area contributed by atoms with Crippen LogP contribution in [0.2, 0.25) is 0 Å². The minimum absolute atomic E-state index is 0.0970. The van der Waals surface area contributed by atoms with Crippen molar-refractivity contribution in [3.05, 3.63) is 54.1 Å². The van der Waals surface area contributed by atoms with Crippen molar-refractivity contribution in [1.29, 1.82) is 0 Å². The lowest BCUT2D eigenvalue weighted by molar-refractivity contribution is -0.120. The lowest BCUT2D eigenvalue weighted by Crippen LogP contribution is -2.30. The van der Waals surface area contributed by atoms with Gasteiger partial charge in [0, 0.05) is 6.54 Å². The topological polar surface area (TPSA) is 91.2 Å². The Morgan fingerprint density at radius 1 is 1.22 bits per heavy atom. The van der Waals surface area contributed by atoms with Crippen LogP contribution in [0.4, 0.5) is 0 Å². The summed E-state index contributed by atoms with van der Waals surface area (Å²) < 4.78 is 12.3. The third-order valence-electron chi connectivity index (χ3n) is 4.00. The van der Waals surface area contributed by atoms with Crippen LogP contribution in [-0.2, 0) is 11.3 Å². The molecule has 1 aliphatic rings. The van der Waals surface area contributed by atoms with E-state index in [0.29, 0.717) is 17.5 Å². The Balaban J connectivity index is 1.37. The number of tetrazole rings is 1. The van der Waals surface area contributed by atoms with Gasteiger partial charge >= 0.3 is 0 Å². The number of aromatic nitrogens is 4. The second kappa shape index (κ2) is 7.67. The highest BCUT2D eigenvalue weighted by atomic mass is 32.2. The van der Waals surface area contributed by atoms with Crippen LogP contribution in [0.1, 0.15) is 12.5 Å². The number of carbonyl (C=O) groups excluding carboxylic acids is 1. The van der Waals surface area contributed by atoms with Gasteiger partial charge in [-0.05, 0) is 47.2 Å². The summed E-state index contributed by atoms with van der Waals surface area (Å²) >= 11 is 1.31. The molecule has 8 nitrogen and oxygen atoms in total. The van der Waals surface area contributed by atoms with Crippen LogP contribution in [0.3, 0.4) is 0 Å². The summed E-state index contributed by atoms with van der Waals surface area (Å²) in [5, 5.41) is 14.9. The van der Waals surface area contributed by atoms with Crippen molar-refractivity contribution < 1.29 is 14.3 Å². The van der Waals surface area contributed by atoms with E-state index in [9.17, 15) is 4.79 Å². The molecule has 4 rings (SSSR count). The fourth-order valence-corrected chi connectivity index (χ4v) is 3.41. The molecule has 1 amide bonds. The molecule has 27 heavy (non-hydrogen) atoms. The van der Waals surface area contributed by atoms with Gasteiger partial charge in [-0.2, -0.15) is 4.68 Å². The van der Waals surface area contributed by atoms with Crippen LogP contribution < -0.4 is 14.8 Å². The van der Waals surface area contributed by atoms with E-state index >= 15 is 0 Å². The second-order valence-electron chi connectivity index (χ2n) is 5.87. The van der Waals surface area contributed by atoms with Gasteiger partial charge in [-0.3, -0.25) is 4.79 Å². The van der Waals surface area contributed by atoms with E-state index in [1.54, 1.807) is 4.68 Å². The van der Waals surface area contributed by atoms with Crippen molar-refractivity contribution >= 4 is 17.7 Å². The molecule has 0 bridgehead atoms. The summed E-state index contributed by atoms with van der Waals surface area (Å²) in [6.45, 7) is 2.46. The van der Waals surface area contributed by atoms with Crippen LogP contribution in [0.25, 0.3) is 5.69 Å². The van der Waals surface area contributed by atoms with Crippen molar-refractivity contribution in [2.45, 2.75) is 23.9 Å². The highest BCUT2D eigenvalue weighted by Crippen LogP contribution is 2.32. The number of hydrogen-bond donors (Lipinski definition) is 1. The second-order valence-corrected chi connectivity index (χ2v) is 7.18. The summed E-state index contributed by atoms with van der Waals surface area (Å²) in [6, 6.07) is 15.2. The van der Waals surface area contributed by atoms with Crippen molar-refractivity contribution in [1.82, 2.24) is 25.5 Å². The van der Waals surface area contributed by atoms with Crippen LogP contribution in [0.15, 0.2) is 53.7 Å². The molecule has 0 saturated carbocycles. The Morgan fingerprint density at radius 3 is 2.89 bits per heavy atom. The highest BCUT2D eigenvalue weighted by Gasteiger charge is 2.19. The number of para-hydroxylation sites is 1. The van der Waals surface area contributed by atoms with E-state index in [0.717, 1.165) is 17.0 Å². The quantitative estimate of drug-likeness (QED) is 0.653.